The number of thiazole rings is 1. The summed E-state index contributed by atoms with van der Waals surface area (Å²) in [5, 5.41) is 9.03. The van der Waals surface area contributed by atoms with Gasteiger partial charge >= 0.3 is 5.97 Å². The Kier molecular flexibility index (Phi) is 5.82. The summed E-state index contributed by atoms with van der Waals surface area (Å²) in [5.74, 6) is -0.839. The Bertz CT molecular complexity index is 527. The van der Waals surface area contributed by atoms with Crippen LogP contribution in [0.2, 0.25) is 0 Å². The highest BCUT2D eigenvalue weighted by Crippen LogP contribution is 2.20. The lowest BCUT2D eigenvalue weighted by molar-refractivity contribution is 0.0590. The predicted octanol–water partition coefficient (Wildman–Crippen LogP) is -0.785. The van der Waals surface area contributed by atoms with E-state index in [9.17, 15) is 13.2 Å². The number of rotatable bonds is 7. The van der Waals surface area contributed by atoms with Crippen molar-refractivity contribution in [3.8, 4) is 0 Å². The largest absolute Gasteiger partial charge is 0.464 e. The molecule has 1 atom stereocenters. The molecule has 0 bridgehead atoms. The Balaban J connectivity index is 3.00. The second-order valence-electron chi connectivity index (χ2n) is 3.44. The number of methoxy groups -OCH3 is 2. The van der Waals surface area contributed by atoms with Gasteiger partial charge in [-0.1, -0.05) is 0 Å². The first-order valence-corrected chi connectivity index (χ1v) is 7.46. The highest BCUT2D eigenvalue weighted by Gasteiger charge is 2.28. The molecule has 19 heavy (non-hydrogen) atoms. The molecule has 0 aliphatic heterocycles. The fraction of sp³-hybridized carbons (Fsp3) is 0.556. The minimum absolute atomic E-state index is 0.00207. The van der Waals surface area contributed by atoms with E-state index in [1.165, 1.54) is 12.6 Å². The Morgan fingerprint density at radius 3 is 2.79 bits per heavy atom. The normalized spacial score (nSPS) is 13.2. The fourth-order valence-electron chi connectivity index (χ4n) is 1.26. The smallest absolute Gasteiger partial charge is 0.358 e. The van der Waals surface area contributed by atoms with Gasteiger partial charge in [0.1, 0.15) is 0 Å². The third kappa shape index (κ3) is 3.94. The molecule has 1 heterocycles. The lowest BCUT2D eigenvalue weighted by atomic mass is 10.4. The van der Waals surface area contributed by atoms with Crippen LogP contribution in [0.4, 0.5) is 0 Å². The number of esters is 1. The second-order valence-corrected chi connectivity index (χ2v) is 6.20. The molecule has 0 fully saturated rings. The fourth-order valence-corrected chi connectivity index (χ4v) is 3.62. The average Bonchev–Trinajstić information content (AvgIpc) is 2.87. The topological polar surface area (TPSA) is 115 Å². The lowest BCUT2D eigenvalue weighted by Crippen LogP contribution is -2.40. The van der Waals surface area contributed by atoms with Gasteiger partial charge in [0.2, 0.25) is 0 Å². The van der Waals surface area contributed by atoms with Crippen LogP contribution in [-0.2, 0) is 19.5 Å². The number of ether oxygens (including phenoxy) is 2. The van der Waals surface area contributed by atoms with Crippen molar-refractivity contribution >= 4 is 27.3 Å². The summed E-state index contributed by atoms with van der Waals surface area (Å²) in [6, 6.07) is -0.803. The molecule has 0 aliphatic rings. The van der Waals surface area contributed by atoms with Crippen LogP contribution in [0.25, 0.3) is 0 Å². The number of nitrogens with zero attached hydrogens (tertiary/aromatic N) is 1. The summed E-state index contributed by atoms with van der Waals surface area (Å²) in [4.78, 5) is 15.0. The van der Waals surface area contributed by atoms with E-state index in [1.807, 2.05) is 0 Å². The molecule has 1 unspecified atom stereocenters. The number of hydrogen-bond donors (Lipinski definition) is 2. The lowest BCUT2D eigenvalue weighted by Gasteiger charge is -2.14. The molecular formula is C9H14N2O6S2. The van der Waals surface area contributed by atoms with Gasteiger partial charge in [-0.15, -0.1) is 11.3 Å². The van der Waals surface area contributed by atoms with Gasteiger partial charge in [-0.25, -0.2) is 22.9 Å². The number of carbonyl (C=O) groups excluding carboxylic acids is 1. The first kappa shape index (κ1) is 16.0. The summed E-state index contributed by atoms with van der Waals surface area (Å²) < 4.78 is 35.3. The Hall–Kier alpha value is -1.07. The summed E-state index contributed by atoms with van der Waals surface area (Å²) in [7, 11) is -1.46. The number of nitrogens with one attached hydrogen (secondary N) is 1. The minimum Gasteiger partial charge on any atom is -0.464 e. The third-order valence-electron chi connectivity index (χ3n) is 2.07. The number of aliphatic hydroxyl groups is 1. The van der Waals surface area contributed by atoms with Gasteiger partial charge in [0.05, 0.1) is 31.9 Å². The minimum atomic E-state index is -3.97. The molecule has 0 aliphatic carbocycles. The Morgan fingerprint density at radius 1 is 1.58 bits per heavy atom. The van der Waals surface area contributed by atoms with E-state index < -0.39 is 28.6 Å². The molecule has 0 radical (unpaired) electrons. The summed E-state index contributed by atoms with van der Waals surface area (Å²) in [6.07, 6.45) is 0. The quantitative estimate of drug-likeness (QED) is 0.634. The summed E-state index contributed by atoms with van der Waals surface area (Å²) in [6.45, 7) is -0.429. The number of hydrogen-bond acceptors (Lipinski definition) is 8. The Labute approximate surface area is 114 Å². The van der Waals surface area contributed by atoms with Crippen molar-refractivity contribution in [2.75, 3.05) is 27.4 Å². The van der Waals surface area contributed by atoms with Crippen molar-refractivity contribution in [3.05, 3.63) is 11.2 Å². The van der Waals surface area contributed by atoms with Gasteiger partial charge in [0.25, 0.3) is 10.0 Å². The molecule has 1 aromatic heterocycles. The van der Waals surface area contributed by atoms with Gasteiger partial charge in [0, 0.05) is 7.11 Å². The highest BCUT2D eigenvalue weighted by molar-refractivity contribution is 7.91. The van der Waals surface area contributed by atoms with E-state index in [-0.39, 0.29) is 16.5 Å². The molecule has 2 N–H and O–H groups in total. The first-order chi connectivity index (χ1) is 8.96. The molecule has 1 rings (SSSR count). The Morgan fingerprint density at radius 2 is 2.26 bits per heavy atom. The van der Waals surface area contributed by atoms with Crippen LogP contribution in [0, 0.1) is 0 Å². The molecule has 0 amide bonds. The van der Waals surface area contributed by atoms with E-state index in [4.69, 9.17) is 9.84 Å². The zero-order valence-electron chi connectivity index (χ0n) is 10.3. The van der Waals surface area contributed by atoms with Gasteiger partial charge in [-0.3, -0.25) is 0 Å². The molecule has 0 saturated heterocycles. The third-order valence-corrected chi connectivity index (χ3v) is 4.96. The van der Waals surface area contributed by atoms with Crippen LogP contribution in [0.3, 0.4) is 0 Å². The van der Waals surface area contributed by atoms with Crippen LogP contribution in [-0.4, -0.2) is 58.0 Å². The zero-order chi connectivity index (χ0) is 14.5. The van der Waals surface area contributed by atoms with E-state index in [0.29, 0.717) is 0 Å². The molecule has 1 aromatic rings. The van der Waals surface area contributed by atoms with Gasteiger partial charge in [-0.2, -0.15) is 0 Å². The maximum Gasteiger partial charge on any atom is 0.358 e. The number of aromatic nitrogens is 1. The van der Waals surface area contributed by atoms with Crippen LogP contribution in [0.15, 0.2) is 9.72 Å². The standard InChI is InChI=1S/C9H14N2O6S2/c1-16-4-6(3-12)11-19(14,15)9-7(8(13)17-2)10-5-18-9/h5-6,11-12H,3-4H2,1-2H3. The van der Waals surface area contributed by atoms with E-state index in [1.54, 1.807) is 0 Å². The van der Waals surface area contributed by atoms with Crippen LogP contribution in [0.5, 0.6) is 0 Å². The molecule has 8 nitrogen and oxygen atoms in total. The van der Waals surface area contributed by atoms with Crippen molar-refractivity contribution in [3.63, 3.8) is 0 Å². The van der Waals surface area contributed by atoms with Crippen molar-refractivity contribution in [2.45, 2.75) is 10.3 Å². The van der Waals surface area contributed by atoms with E-state index >= 15 is 0 Å². The summed E-state index contributed by atoms with van der Waals surface area (Å²) >= 11 is 0.786. The van der Waals surface area contributed by atoms with E-state index in [0.717, 1.165) is 18.4 Å². The number of sulfonamides is 1. The maximum atomic E-state index is 12.1. The average molecular weight is 310 g/mol. The van der Waals surface area contributed by atoms with E-state index in [2.05, 4.69) is 14.4 Å². The van der Waals surface area contributed by atoms with Crippen LogP contribution in [0.1, 0.15) is 10.5 Å². The second kappa shape index (κ2) is 6.91. The monoisotopic (exact) mass is 310 g/mol. The first-order valence-electron chi connectivity index (χ1n) is 5.10. The van der Waals surface area contributed by atoms with Crippen LogP contribution >= 0.6 is 11.3 Å². The van der Waals surface area contributed by atoms with Crippen molar-refractivity contribution < 1.29 is 27.8 Å². The highest BCUT2D eigenvalue weighted by atomic mass is 32.2. The molecule has 0 aromatic carbocycles. The molecule has 108 valence electrons. The summed E-state index contributed by atoms with van der Waals surface area (Å²) in [5.41, 5.74) is 0.944. The molecule has 0 spiro atoms. The van der Waals surface area contributed by atoms with Crippen molar-refractivity contribution in [1.82, 2.24) is 9.71 Å². The van der Waals surface area contributed by atoms with Gasteiger partial charge < -0.3 is 14.6 Å². The number of carbonyl (C=O) groups is 1. The predicted molar refractivity (Wildman–Crippen MR) is 66.5 cm³/mol. The molecular weight excluding hydrogens is 296 g/mol. The van der Waals surface area contributed by atoms with Crippen LogP contribution < -0.4 is 4.72 Å². The van der Waals surface area contributed by atoms with Gasteiger partial charge in [-0.05, 0) is 0 Å². The number of aliphatic hydroxyl groups excluding tert-OH is 1. The van der Waals surface area contributed by atoms with Crippen molar-refractivity contribution in [2.24, 2.45) is 0 Å². The maximum absolute atomic E-state index is 12.1. The zero-order valence-corrected chi connectivity index (χ0v) is 12.0. The molecule has 10 heteroatoms. The van der Waals surface area contributed by atoms with Gasteiger partial charge in [0.15, 0.2) is 9.90 Å². The SMILES string of the molecule is COCC(CO)NS(=O)(=O)c1scnc1C(=O)OC. The molecule has 0 saturated carbocycles. The van der Waals surface area contributed by atoms with Crippen molar-refractivity contribution in [1.29, 1.82) is 0 Å².